The monoisotopic (exact) mass is 131 g/mol. The Morgan fingerprint density at radius 3 is 2.78 bits per heavy atom. The Kier molecular flexibility index (Phi) is 4.05. The van der Waals surface area contributed by atoms with Crippen molar-refractivity contribution in [2.45, 2.75) is 6.92 Å². The van der Waals surface area contributed by atoms with Crippen molar-refractivity contribution in [3.05, 3.63) is 6.92 Å². The number of hydrogen-bond donors (Lipinski definition) is 1. The molecule has 0 saturated heterocycles. The molecule has 0 rings (SSSR count). The lowest BCUT2D eigenvalue weighted by atomic mass is 10.2. The number of ether oxygens (including phenoxy) is 1. The van der Waals surface area contributed by atoms with Crippen molar-refractivity contribution in [3.8, 4) is 0 Å². The van der Waals surface area contributed by atoms with Crippen molar-refractivity contribution in [1.29, 1.82) is 0 Å². The van der Waals surface area contributed by atoms with Gasteiger partial charge in [0.15, 0.2) is 0 Å². The van der Waals surface area contributed by atoms with E-state index in [1.54, 1.807) is 0 Å². The average molecular weight is 131 g/mol. The highest BCUT2D eigenvalue weighted by atomic mass is 16.5. The molecule has 1 unspecified atom stereocenters. The van der Waals surface area contributed by atoms with Gasteiger partial charge in [-0.25, -0.2) is 0 Å². The van der Waals surface area contributed by atoms with Crippen LogP contribution in [-0.2, 0) is 9.53 Å². The summed E-state index contributed by atoms with van der Waals surface area (Å²) in [6, 6.07) is 0. The first-order valence-corrected chi connectivity index (χ1v) is 2.74. The van der Waals surface area contributed by atoms with Crippen LogP contribution in [0.3, 0.4) is 0 Å². The maximum atomic E-state index is 10.1. The molecule has 0 amide bonds. The van der Waals surface area contributed by atoms with Crippen LogP contribution < -0.4 is 0 Å². The largest absolute Gasteiger partial charge is 0.465 e. The Morgan fingerprint density at radius 2 is 2.44 bits per heavy atom. The highest BCUT2D eigenvalue weighted by Gasteiger charge is 2.00. The third-order valence-electron chi connectivity index (χ3n) is 0.780. The molecule has 0 aliphatic carbocycles. The SMILES string of the molecule is [CH2]C(CO)COC(C)=O. The lowest BCUT2D eigenvalue weighted by molar-refractivity contribution is -0.142. The third-order valence-corrected chi connectivity index (χ3v) is 0.780. The van der Waals surface area contributed by atoms with Crippen LogP contribution in [0.5, 0.6) is 0 Å². The molecule has 1 N–H and O–H groups in total. The van der Waals surface area contributed by atoms with Gasteiger partial charge in [0, 0.05) is 19.4 Å². The van der Waals surface area contributed by atoms with Crippen LogP contribution in [0.25, 0.3) is 0 Å². The Labute approximate surface area is 54.6 Å². The van der Waals surface area contributed by atoms with Crippen molar-refractivity contribution in [3.63, 3.8) is 0 Å². The van der Waals surface area contributed by atoms with E-state index in [-0.39, 0.29) is 25.1 Å². The average Bonchev–Trinajstić information content (AvgIpc) is 1.83. The molecule has 0 aliphatic rings. The number of esters is 1. The molecule has 0 saturated carbocycles. The zero-order valence-electron chi connectivity index (χ0n) is 5.46. The smallest absolute Gasteiger partial charge is 0.302 e. The van der Waals surface area contributed by atoms with Crippen LogP contribution in [0.1, 0.15) is 6.92 Å². The zero-order chi connectivity index (χ0) is 7.28. The van der Waals surface area contributed by atoms with Gasteiger partial charge in [0.05, 0.1) is 6.61 Å². The van der Waals surface area contributed by atoms with E-state index >= 15 is 0 Å². The second-order valence-corrected chi connectivity index (χ2v) is 1.85. The van der Waals surface area contributed by atoms with Gasteiger partial charge in [-0.05, 0) is 6.92 Å². The van der Waals surface area contributed by atoms with E-state index in [0.29, 0.717) is 0 Å². The van der Waals surface area contributed by atoms with Crippen molar-refractivity contribution in [2.75, 3.05) is 13.2 Å². The van der Waals surface area contributed by atoms with Crippen molar-refractivity contribution < 1.29 is 14.6 Å². The predicted octanol–water partition coefficient (Wildman–Crippen LogP) is -0.00791. The highest BCUT2D eigenvalue weighted by molar-refractivity contribution is 5.65. The Morgan fingerprint density at radius 1 is 1.89 bits per heavy atom. The molecule has 0 aromatic carbocycles. The summed E-state index contributed by atoms with van der Waals surface area (Å²) in [5.41, 5.74) is 0. The van der Waals surface area contributed by atoms with Gasteiger partial charge in [-0.2, -0.15) is 0 Å². The van der Waals surface area contributed by atoms with E-state index in [4.69, 9.17) is 5.11 Å². The van der Waals surface area contributed by atoms with Gasteiger partial charge < -0.3 is 9.84 Å². The van der Waals surface area contributed by atoms with Crippen LogP contribution in [0, 0.1) is 12.8 Å². The van der Waals surface area contributed by atoms with Gasteiger partial charge in [0.25, 0.3) is 0 Å². The van der Waals surface area contributed by atoms with Gasteiger partial charge in [-0.1, -0.05) is 0 Å². The summed E-state index contributed by atoms with van der Waals surface area (Å²) < 4.78 is 4.53. The molecule has 3 nitrogen and oxygen atoms in total. The molecule has 0 aliphatic heterocycles. The van der Waals surface area contributed by atoms with E-state index < -0.39 is 0 Å². The maximum absolute atomic E-state index is 10.1. The summed E-state index contributed by atoms with van der Waals surface area (Å²) in [5, 5.41) is 8.39. The molecular formula is C6H11O3. The molecule has 1 radical (unpaired) electrons. The van der Waals surface area contributed by atoms with E-state index in [1.807, 2.05) is 0 Å². The first-order valence-electron chi connectivity index (χ1n) is 2.74. The first-order chi connectivity index (χ1) is 4.16. The molecule has 53 valence electrons. The second-order valence-electron chi connectivity index (χ2n) is 1.85. The molecule has 3 heteroatoms. The van der Waals surface area contributed by atoms with Crippen LogP contribution in [0.4, 0.5) is 0 Å². The molecule has 0 aromatic rings. The van der Waals surface area contributed by atoms with Gasteiger partial charge in [0.1, 0.15) is 0 Å². The highest BCUT2D eigenvalue weighted by Crippen LogP contribution is 1.91. The lowest BCUT2D eigenvalue weighted by Crippen LogP contribution is -2.12. The fourth-order valence-corrected chi connectivity index (χ4v) is 0.288. The molecule has 0 bridgehead atoms. The standard InChI is InChI=1S/C6H11O3/c1-5(3-7)4-9-6(2)8/h5,7H,1,3-4H2,2H3. The molecule has 0 fully saturated rings. The summed E-state index contributed by atoms with van der Waals surface area (Å²) >= 11 is 0. The maximum Gasteiger partial charge on any atom is 0.302 e. The number of rotatable bonds is 3. The molecule has 9 heavy (non-hydrogen) atoms. The number of carbonyl (C=O) groups is 1. The topological polar surface area (TPSA) is 46.5 Å². The van der Waals surface area contributed by atoms with Crippen molar-refractivity contribution >= 4 is 5.97 Å². The second kappa shape index (κ2) is 4.32. The van der Waals surface area contributed by atoms with E-state index in [0.717, 1.165) is 0 Å². The molecular weight excluding hydrogens is 120 g/mol. The normalized spacial score (nSPS) is 12.8. The van der Waals surface area contributed by atoms with Gasteiger partial charge >= 0.3 is 5.97 Å². The van der Waals surface area contributed by atoms with Crippen molar-refractivity contribution in [2.24, 2.45) is 5.92 Å². The third kappa shape index (κ3) is 5.30. The minimum atomic E-state index is -0.336. The summed E-state index contributed by atoms with van der Waals surface area (Å²) in [6.07, 6.45) is 0. The van der Waals surface area contributed by atoms with Crippen LogP contribution >= 0.6 is 0 Å². The van der Waals surface area contributed by atoms with E-state index in [2.05, 4.69) is 11.7 Å². The van der Waals surface area contributed by atoms with E-state index in [1.165, 1.54) is 6.92 Å². The van der Waals surface area contributed by atoms with E-state index in [9.17, 15) is 4.79 Å². The van der Waals surface area contributed by atoms with Crippen LogP contribution in [-0.4, -0.2) is 24.3 Å². The number of aliphatic hydroxyl groups excluding tert-OH is 1. The molecule has 0 spiro atoms. The lowest BCUT2D eigenvalue weighted by Gasteiger charge is -2.05. The number of hydrogen-bond acceptors (Lipinski definition) is 3. The molecule has 0 aromatic heterocycles. The summed E-state index contributed by atoms with van der Waals surface area (Å²) in [5.74, 6) is -0.536. The summed E-state index contributed by atoms with van der Waals surface area (Å²) in [6.45, 7) is 4.98. The minimum absolute atomic E-state index is 0.0483. The molecule has 0 heterocycles. The minimum Gasteiger partial charge on any atom is -0.465 e. The zero-order valence-corrected chi connectivity index (χ0v) is 5.46. The quantitative estimate of drug-likeness (QED) is 0.548. The Bertz CT molecular complexity index is 90.3. The Balaban J connectivity index is 3.16. The fourth-order valence-electron chi connectivity index (χ4n) is 0.288. The van der Waals surface area contributed by atoms with Gasteiger partial charge in [-0.3, -0.25) is 4.79 Å². The molecule has 1 atom stereocenters. The van der Waals surface area contributed by atoms with Gasteiger partial charge in [-0.15, -0.1) is 0 Å². The number of aliphatic hydroxyl groups is 1. The van der Waals surface area contributed by atoms with Gasteiger partial charge in [0.2, 0.25) is 0 Å². The summed E-state index contributed by atoms with van der Waals surface area (Å²) in [7, 11) is 0. The first kappa shape index (κ1) is 8.43. The summed E-state index contributed by atoms with van der Waals surface area (Å²) in [4.78, 5) is 10.1. The van der Waals surface area contributed by atoms with Crippen LogP contribution in [0.15, 0.2) is 0 Å². The Hall–Kier alpha value is -0.570. The predicted molar refractivity (Wildman–Crippen MR) is 32.6 cm³/mol. The van der Waals surface area contributed by atoms with Crippen molar-refractivity contribution in [1.82, 2.24) is 0 Å². The fraction of sp³-hybridized carbons (Fsp3) is 0.667. The number of carbonyl (C=O) groups excluding carboxylic acids is 1. The van der Waals surface area contributed by atoms with Crippen LogP contribution in [0.2, 0.25) is 0 Å².